The maximum absolute atomic E-state index is 13.4. The second-order valence-electron chi connectivity index (χ2n) is 5.96. The molecule has 0 fully saturated rings. The number of methoxy groups -OCH3 is 1. The van der Waals surface area contributed by atoms with Crippen LogP contribution in [0, 0.1) is 0 Å². The maximum atomic E-state index is 13.4. The number of carbonyl (C=O) groups is 1. The Morgan fingerprint density at radius 3 is 2.62 bits per heavy atom. The summed E-state index contributed by atoms with van der Waals surface area (Å²) in [5.74, 6) is -1.43. The lowest BCUT2D eigenvalue weighted by Gasteiger charge is -2.16. The molecule has 0 unspecified atom stereocenters. The standard InChI is InChI=1S/C19H13Cl2F3N2O3/c1-29-13-4-2-3-10(14(13)19(22,23)24)8-25-18(28)12-6-5-9-7-11(20)17(27)15(21)16(9)26-12/h2-7,27H,8H2,1H3,(H,25,28). The molecule has 0 radical (unpaired) electrons. The molecule has 0 bridgehead atoms. The number of aromatic hydroxyl groups is 1. The molecule has 0 atom stereocenters. The van der Waals surface area contributed by atoms with Crippen molar-refractivity contribution in [2.24, 2.45) is 0 Å². The fourth-order valence-corrected chi connectivity index (χ4v) is 3.31. The molecule has 0 spiro atoms. The van der Waals surface area contributed by atoms with Gasteiger partial charge in [-0.2, -0.15) is 13.2 Å². The number of amides is 1. The van der Waals surface area contributed by atoms with Crippen molar-refractivity contribution >= 4 is 40.0 Å². The number of aromatic nitrogens is 1. The first-order valence-corrected chi connectivity index (χ1v) is 8.88. The predicted octanol–water partition coefficient (Wildman–Crippen LogP) is 5.20. The molecule has 0 aliphatic carbocycles. The fourth-order valence-electron chi connectivity index (χ4n) is 2.79. The van der Waals surface area contributed by atoms with Crippen LogP contribution < -0.4 is 10.1 Å². The van der Waals surface area contributed by atoms with Crippen molar-refractivity contribution in [3.05, 3.63) is 63.3 Å². The lowest BCUT2D eigenvalue weighted by atomic mass is 10.1. The van der Waals surface area contributed by atoms with Gasteiger partial charge in [0.15, 0.2) is 5.75 Å². The van der Waals surface area contributed by atoms with Crippen LogP contribution in [0.25, 0.3) is 10.9 Å². The summed E-state index contributed by atoms with van der Waals surface area (Å²) in [5, 5.41) is 12.6. The van der Waals surface area contributed by atoms with Gasteiger partial charge in [-0.05, 0) is 23.8 Å². The fraction of sp³-hybridized carbons (Fsp3) is 0.158. The van der Waals surface area contributed by atoms with E-state index < -0.39 is 24.2 Å². The maximum Gasteiger partial charge on any atom is 0.420 e. The van der Waals surface area contributed by atoms with Crippen molar-refractivity contribution in [1.29, 1.82) is 0 Å². The van der Waals surface area contributed by atoms with Gasteiger partial charge < -0.3 is 15.2 Å². The molecule has 2 N–H and O–H groups in total. The molecule has 1 heterocycles. The summed E-state index contributed by atoms with van der Waals surface area (Å²) in [5.41, 5.74) is -1.07. The minimum Gasteiger partial charge on any atom is -0.505 e. The summed E-state index contributed by atoms with van der Waals surface area (Å²) in [7, 11) is 1.14. The number of halogens is 5. The molecule has 0 aliphatic rings. The summed E-state index contributed by atoms with van der Waals surface area (Å²) in [4.78, 5) is 16.5. The number of alkyl halides is 3. The molecule has 29 heavy (non-hydrogen) atoms. The summed E-state index contributed by atoms with van der Waals surface area (Å²) >= 11 is 11.9. The van der Waals surface area contributed by atoms with Crippen LogP contribution in [0.4, 0.5) is 13.2 Å². The number of nitrogens with one attached hydrogen (secondary N) is 1. The van der Waals surface area contributed by atoms with Crippen molar-refractivity contribution in [2.75, 3.05) is 7.11 Å². The van der Waals surface area contributed by atoms with E-state index in [0.29, 0.717) is 5.39 Å². The Hall–Kier alpha value is -2.71. The molecule has 0 saturated heterocycles. The Balaban J connectivity index is 1.89. The largest absolute Gasteiger partial charge is 0.505 e. The van der Waals surface area contributed by atoms with Crippen LogP contribution in [0.15, 0.2) is 36.4 Å². The first kappa shape index (κ1) is 21.0. The molecule has 0 aliphatic heterocycles. The summed E-state index contributed by atoms with van der Waals surface area (Å²) < 4.78 is 44.9. The van der Waals surface area contributed by atoms with Gasteiger partial charge in [0.1, 0.15) is 22.0 Å². The van der Waals surface area contributed by atoms with Gasteiger partial charge in [-0.25, -0.2) is 4.98 Å². The number of pyridine rings is 1. The van der Waals surface area contributed by atoms with E-state index in [9.17, 15) is 23.1 Å². The lowest BCUT2D eigenvalue weighted by Crippen LogP contribution is -2.25. The monoisotopic (exact) mass is 444 g/mol. The summed E-state index contributed by atoms with van der Waals surface area (Å²) in [6, 6.07) is 8.16. The van der Waals surface area contributed by atoms with Gasteiger partial charge in [-0.3, -0.25) is 4.79 Å². The van der Waals surface area contributed by atoms with Crippen LogP contribution in [-0.2, 0) is 12.7 Å². The third kappa shape index (κ3) is 4.18. The van der Waals surface area contributed by atoms with Crippen molar-refractivity contribution in [3.8, 4) is 11.5 Å². The zero-order chi connectivity index (χ0) is 21.3. The Bertz CT molecular complexity index is 1100. The highest BCUT2D eigenvalue weighted by Crippen LogP contribution is 2.39. The van der Waals surface area contributed by atoms with E-state index in [2.05, 4.69) is 10.3 Å². The Morgan fingerprint density at radius 1 is 1.24 bits per heavy atom. The number of phenolic OH excluding ortho intramolecular Hbond substituents is 1. The topological polar surface area (TPSA) is 71.5 Å². The van der Waals surface area contributed by atoms with Gasteiger partial charge in [-0.15, -0.1) is 0 Å². The third-order valence-corrected chi connectivity index (χ3v) is 4.78. The number of benzene rings is 2. The Morgan fingerprint density at radius 2 is 1.97 bits per heavy atom. The molecule has 0 saturated carbocycles. The average Bonchev–Trinajstić information content (AvgIpc) is 2.69. The minimum absolute atomic E-state index is 0.0270. The zero-order valence-corrected chi connectivity index (χ0v) is 16.3. The molecule has 152 valence electrons. The smallest absolute Gasteiger partial charge is 0.420 e. The number of nitrogens with zero attached hydrogens (tertiary/aromatic N) is 1. The number of hydrogen-bond donors (Lipinski definition) is 2. The molecular weight excluding hydrogens is 432 g/mol. The van der Waals surface area contributed by atoms with Crippen LogP contribution in [0.3, 0.4) is 0 Å². The molecule has 5 nitrogen and oxygen atoms in total. The Labute approximate surface area is 173 Å². The number of fused-ring (bicyclic) bond motifs is 1. The quantitative estimate of drug-likeness (QED) is 0.579. The molecule has 10 heteroatoms. The van der Waals surface area contributed by atoms with Gasteiger partial charge >= 0.3 is 6.18 Å². The third-order valence-electron chi connectivity index (χ3n) is 4.14. The number of ether oxygens (including phenoxy) is 1. The van der Waals surface area contributed by atoms with Gasteiger partial charge in [-0.1, -0.05) is 41.4 Å². The first-order valence-electron chi connectivity index (χ1n) is 8.12. The number of rotatable bonds is 4. The first-order chi connectivity index (χ1) is 13.6. The summed E-state index contributed by atoms with van der Waals surface area (Å²) in [6.45, 7) is -0.399. The van der Waals surface area contributed by atoms with Crippen LogP contribution >= 0.6 is 23.2 Å². The van der Waals surface area contributed by atoms with Crippen LogP contribution in [0.2, 0.25) is 10.0 Å². The van der Waals surface area contributed by atoms with E-state index in [-0.39, 0.29) is 38.3 Å². The van der Waals surface area contributed by atoms with Gasteiger partial charge in [0.25, 0.3) is 5.91 Å². The summed E-state index contributed by atoms with van der Waals surface area (Å²) in [6.07, 6.45) is -4.65. The van der Waals surface area contributed by atoms with E-state index in [1.165, 1.54) is 36.4 Å². The molecule has 3 rings (SSSR count). The van der Waals surface area contributed by atoms with E-state index in [1.807, 2.05) is 0 Å². The molecule has 3 aromatic rings. The van der Waals surface area contributed by atoms with E-state index in [4.69, 9.17) is 27.9 Å². The van der Waals surface area contributed by atoms with E-state index >= 15 is 0 Å². The second kappa shape index (κ2) is 7.96. The SMILES string of the molecule is COc1cccc(CNC(=O)c2ccc3cc(Cl)c(O)c(Cl)c3n2)c1C(F)(F)F. The average molecular weight is 445 g/mol. The van der Waals surface area contributed by atoms with Gasteiger partial charge in [0.2, 0.25) is 0 Å². The van der Waals surface area contributed by atoms with Crippen molar-refractivity contribution < 1.29 is 27.8 Å². The van der Waals surface area contributed by atoms with Crippen molar-refractivity contribution in [1.82, 2.24) is 10.3 Å². The lowest BCUT2D eigenvalue weighted by molar-refractivity contribution is -0.139. The van der Waals surface area contributed by atoms with Gasteiger partial charge in [0.05, 0.1) is 17.6 Å². The normalized spacial score (nSPS) is 11.5. The molecule has 1 aromatic heterocycles. The molecule has 1 amide bonds. The highest BCUT2D eigenvalue weighted by atomic mass is 35.5. The number of hydrogen-bond acceptors (Lipinski definition) is 4. The number of carbonyl (C=O) groups excluding carboxylic acids is 1. The van der Waals surface area contributed by atoms with Crippen LogP contribution in [0.5, 0.6) is 11.5 Å². The van der Waals surface area contributed by atoms with E-state index in [1.54, 1.807) is 0 Å². The predicted molar refractivity (Wildman–Crippen MR) is 103 cm³/mol. The highest BCUT2D eigenvalue weighted by Gasteiger charge is 2.37. The Kier molecular flexibility index (Phi) is 5.77. The second-order valence-corrected chi connectivity index (χ2v) is 6.75. The van der Waals surface area contributed by atoms with E-state index in [0.717, 1.165) is 7.11 Å². The molecular formula is C19H13Cl2F3N2O3. The van der Waals surface area contributed by atoms with Crippen molar-refractivity contribution in [2.45, 2.75) is 12.7 Å². The van der Waals surface area contributed by atoms with Crippen LogP contribution in [-0.4, -0.2) is 23.1 Å². The zero-order valence-electron chi connectivity index (χ0n) is 14.8. The molecule has 2 aromatic carbocycles. The minimum atomic E-state index is -4.65. The highest BCUT2D eigenvalue weighted by molar-refractivity contribution is 6.40. The number of phenols is 1. The van der Waals surface area contributed by atoms with Crippen LogP contribution in [0.1, 0.15) is 21.6 Å². The van der Waals surface area contributed by atoms with Gasteiger partial charge in [0, 0.05) is 11.9 Å². The van der Waals surface area contributed by atoms with Crippen molar-refractivity contribution in [3.63, 3.8) is 0 Å².